The van der Waals surface area contributed by atoms with Crippen molar-refractivity contribution in [3.63, 3.8) is 0 Å². The van der Waals surface area contributed by atoms with Crippen LogP contribution in [-0.2, 0) is 0 Å². The monoisotopic (exact) mass is 299 g/mol. The third-order valence-corrected chi connectivity index (χ3v) is 3.18. The fourth-order valence-electron chi connectivity index (χ4n) is 1.70. The Balaban J connectivity index is 0.000000255. The van der Waals surface area contributed by atoms with Crippen LogP contribution in [0.15, 0.2) is 48.5 Å². The van der Waals surface area contributed by atoms with Gasteiger partial charge in [0.2, 0.25) is 0 Å². The van der Waals surface area contributed by atoms with Gasteiger partial charge in [-0.05, 0) is 37.5 Å². The van der Waals surface area contributed by atoms with Crippen LogP contribution in [0.2, 0.25) is 0 Å². The molecular formula is C18H21NO3. The molecule has 0 amide bonds. The van der Waals surface area contributed by atoms with Crippen molar-refractivity contribution in [1.82, 2.24) is 0 Å². The molecule has 0 spiro atoms. The van der Waals surface area contributed by atoms with Crippen molar-refractivity contribution >= 4 is 11.8 Å². The summed E-state index contributed by atoms with van der Waals surface area (Å²) in [4.78, 5) is 9.95. The van der Waals surface area contributed by atoms with E-state index in [0.29, 0.717) is 5.56 Å². The number of nitro benzene ring substituents is 1. The van der Waals surface area contributed by atoms with Crippen molar-refractivity contribution in [1.29, 1.82) is 0 Å². The molecule has 116 valence electrons. The first-order chi connectivity index (χ1) is 10.5. The number of allylic oxidation sites excluding steroid dienone is 1. The quantitative estimate of drug-likeness (QED) is 0.638. The highest BCUT2D eigenvalue weighted by molar-refractivity contribution is 5.60. The van der Waals surface area contributed by atoms with Gasteiger partial charge in [-0.25, -0.2) is 0 Å². The van der Waals surface area contributed by atoms with Gasteiger partial charge in [0.25, 0.3) is 5.69 Å². The van der Waals surface area contributed by atoms with Gasteiger partial charge in [-0.3, -0.25) is 10.1 Å². The second-order valence-corrected chi connectivity index (χ2v) is 4.90. The fourth-order valence-corrected chi connectivity index (χ4v) is 1.70. The van der Waals surface area contributed by atoms with E-state index in [1.54, 1.807) is 6.08 Å². The lowest BCUT2D eigenvalue weighted by Crippen LogP contribution is -1.88. The number of hydrogen-bond donors (Lipinski definition) is 1. The van der Waals surface area contributed by atoms with E-state index in [4.69, 9.17) is 0 Å². The van der Waals surface area contributed by atoms with E-state index < -0.39 is 4.92 Å². The van der Waals surface area contributed by atoms with Crippen molar-refractivity contribution in [2.24, 2.45) is 0 Å². The molecule has 0 saturated carbocycles. The van der Waals surface area contributed by atoms with Crippen molar-refractivity contribution < 1.29 is 10.0 Å². The van der Waals surface area contributed by atoms with Crippen molar-refractivity contribution in [2.75, 3.05) is 0 Å². The lowest BCUT2D eigenvalue weighted by Gasteiger charge is -1.98. The minimum Gasteiger partial charge on any atom is -0.507 e. The maximum atomic E-state index is 10.4. The van der Waals surface area contributed by atoms with Gasteiger partial charge in [-0.2, -0.15) is 0 Å². The second kappa shape index (κ2) is 8.62. The normalized spacial score (nSPS) is 10.1. The Labute approximate surface area is 130 Å². The van der Waals surface area contributed by atoms with Crippen LogP contribution in [0.1, 0.15) is 30.0 Å². The van der Waals surface area contributed by atoms with Crippen LogP contribution >= 0.6 is 0 Å². The number of aryl methyl sites for hydroxylation is 2. The molecule has 0 fully saturated rings. The SMILES string of the molecule is CC/C=C\c1cc([N+](=O)[O-])ccc1O.Cc1ccccc1C. The van der Waals surface area contributed by atoms with Crippen molar-refractivity contribution in [3.8, 4) is 5.75 Å². The maximum Gasteiger partial charge on any atom is 0.270 e. The van der Waals surface area contributed by atoms with Crippen LogP contribution in [0.3, 0.4) is 0 Å². The van der Waals surface area contributed by atoms with Crippen molar-refractivity contribution in [3.05, 3.63) is 75.3 Å². The summed E-state index contributed by atoms with van der Waals surface area (Å²) in [6.45, 7) is 6.19. The Morgan fingerprint density at radius 1 is 1.14 bits per heavy atom. The second-order valence-electron chi connectivity index (χ2n) is 4.90. The largest absolute Gasteiger partial charge is 0.507 e. The van der Waals surface area contributed by atoms with Gasteiger partial charge in [0, 0.05) is 17.7 Å². The topological polar surface area (TPSA) is 63.4 Å². The van der Waals surface area contributed by atoms with Gasteiger partial charge < -0.3 is 5.11 Å². The van der Waals surface area contributed by atoms with E-state index in [2.05, 4.69) is 38.1 Å². The van der Waals surface area contributed by atoms with Gasteiger partial charge >= 0.3 is 0 Å². The molecule has 0 aromatic heterocycles. The van der Waals surface area contributed by atoms with E-state index in [1.165, 1.54) is 29.3 Å². The Morgan fingerprint density at radius 2 is 1.73 bits per heavy atom. The molecule has 4 nitrogen and oxygen atoms in total. The number of phenols is 1. The highest BCUT2D eigenvalue weighted by Crippen LogP contribution is 2.24. The molecule has 0 saturated heterocycles. The third-order valence-electron chi connectivity index (χ3n) is 3.18. The number of non-ortho nitro benzene ring substituents is 1. The molecule has 0 aliphatic rings. The van der Waals surface area contributed by atoms with Gasteiger partial charge in [0.05, 0.1) is 4.92 Å². The number of hydrogen-bond acceptors (Lipinski definition) is 3. The molecule has 0 heterocycles. The smallest absolute Gasteiger partial charge is 0.270 e. The number of phenolic OH excluding ortho intramolecular Hbond substituents is 1. The van der Waals surface area contributed by atoms with E-state index in [-0.39, 0.29) is 11.4 Å². The molecule has 2 rings (SSSR count). The molecule has 0 aliphatic carbocycles. The predicted molar refractivity (Wildman–Crippen MR) is 90.0 cm³/mol. The first kappa shape index (κ1) is 17.4. The minimum absolute atomic E-state index is 0.0152. The summed E-state index contributed by atoms with van der Waals surface area (Å²) >= 11 is 0. The summed E-state index contributed by atoms with van der Waals surface area (Å²) in [5, 5.41) is 19.8. The standard InChI is InChI=1S/C10H11NO3.C8H10/c1-2-3-4-8-7-9(11(13)14)5-6-10(8)12;1-7-5-3-4-6-8(7)2/h3-7,12H,2H2,1H3;3-6H,1-2H3/b4-3-;. The Bertz CT molecular complexity index is 642. The van der Waals surface area contributed by atoms with E-state index in [0.717, 1.165) is 6.42 Å². The average molecular weight is 299 g/mol. The van der Waals surface area contributed by atoms with Gasteiger partial charge in [-0.15, -0.1) is 0 Å². The molecule has 0 atom stereocenters. The first-order valence-electron chi connectivity index (χ1n) is 7.12. The van der Waals surface area contributed by atoms with E-state index in [1.807, 2.05) is 13.0 Å². The van der Waals surface area contributed by atoms with Gasteiger partial charge in [0.15, 0.2) is 0 Å². The number of aromatic hydroxyl groups is 1. The lowest BCUT2D eigenvalue weighted by atomic mass is 10.1. The Kier molecular flexibility index (Phi) is 6.83. The summed E-state index contributed by atoms with van der Waals surface area (Å²) in [6.07, 6.45) is 4.32. The van der Waals surface area contributed by atoms with Crippen molar-refractivity contribution in [2.45, 2.75) is 27.2 Å². The van der Waals surface area contributed by atoms with Crippen LogP contribution in [-0.4, -0.2) is 10.0 Å². The fraction of sp³-hybridized carbons (Fsp3) is 0.222. The minimum atomic E-state index is -0.483. The number of nitrogens with zero attached hydrogens (tertiary/aromatic N) is 1. The zero-order valence-corrected chi connectivity index (χ0v) is 13.1. The molecule has 4 heteroatoms. The van der Waals surface area contributed by atoms with E-state index >= 15 is 0 Å². The lowest BCUT2D eigenvalue weighted by molar-refractivity contribution is -0.384. The molecular weight excluding hydrogens is 278 g/mol. The van der Waals surface area contributed by atoms with Crippen LogP contribution in [0.25, 0.3) is 6.08 Å². The van der Waals surface area contributed by atoms with Crippen LogP contribution in [0.4, 0.5) is 5.69 Å². The molecule has 0 bridgehead atoms. The molecule has 2 aromatic rings. The molecule has 0 unspecified atom stereocenters. The predicted octanol–water partition coefficient (Wildman–Crippen LogP) is 5.03. The summed E-state index contributed by atoms with van der Waals surface area (Å²) in [6, 6.07) is 12.3. The zero-order chi connectivity index (χ0) is 16.5. The summed E-state index contributed by atoms with van der Waals surface area (Å²) in [5.41, 5.74) is 3.19. The summed E-state index contributed by atoms with van der Waals surface area (Å²) in [7, 11) is 0. The zero-order valence-electron chi connectivity index (χ0n) is 13.1. The summed E-state index contributed by atoms with van der Waals surface area (Å²) in [5.74, 6) is 0.0558. The average Bonchev–Trinajstić information content (AvgIpc) is 2.50. The number of rotatable bonds is 3. The van der Waals surface area contributed by atoms with Crippen LogP contribution in [0, 0.1) is 24.0 Å². The molecule has 2 aromatic carbocycles. The molecule has 0 radical (unpaired) electrons. The van der Waals surface area contributed by atoms with Crippen LogP contribution in [0.5, 0.6) is 5.75 Å². The molecule has 1 N–H and O–H groups in total. The molecule has 22 heavy (non-hydrogen) atoms. The van der Waals surface area contributed by atoms with Crippen LogP contribution < -0.4 is 0 Å². The summed E-state index contributed by atoms with van der Waals surface area (Å²) < 4.78 is 0. The highest BCUT2D eigenvalue weighted by Gasteiger charge is 2.07. The third kappa shape index (κ3) is 5.40. The first-order valence-corrected chi connectivity index (χ1v) is 7.12. The van der Waals surface area contributed by atoms with Gasteiger partial charge in [0.1, 0.15) is 5.75 Å². The molecule has 0 aliphatic heterocycles. The van der Waals surface area contributed by atoms with E-state index in [9.17, 15) is 15.2 Å². The van der Waals surface area contributed by atoms with Gasteiger partial charge in [-0.1, -0.05) is 43.3 Å². The number of benzene rings is 2. The Morgan fingerprint density at radius 3 is 2.18 bits per heavy atom. The Hall–Kier alpha value is -2.62. The number of nitro groups is 1. The highest BCUT2D eigenvalue weighted by atomic mass is 16.6. The maximum absolute atomic E-state index is 10.4.